The van der Waals surface area contributed by atoms with Gasteiger partial charge in [-0.05, 0) is 31.3 Å². The van der Waals surface area contributed by atoms with E-state index in [4.69, 9.17) is 0 Å². The fourth-order valence-electron chi connectivity index (χ4n) is 1.75. The number of carbonyl (C=O) groups is 1. The van der Waals surface area contributed by atoms with Gasteiger partial charge in [0, 0.05) is 23.9 Å². The smallest absolute Gasteiger partial charge is 0.224 e. The van der Waals surface area contributed by atoms with Gasteiger partial charge < -0.3 is 10.2 Å². The topological polar surface area (TPSA) is 32.3 Å². The molecule has 1 aromatic rings. The van der Waals surface area contributed by atoms with Crippen molar-refractivity contribution in [2.24, 2.45) is 0 Å². The summed E-state index contributed by atoms with van der Waals surface area (Å²) in [6, 6.07) is 4.65. The minimum Gasteiger partial charge on any atom is -0.335 e. The van der Waals surface area contributed by atoms with Gasteiger partial charge in [-0.3, -0.25) is 4.79 Å². The van der Waals surface area contributed by atoms with E-state index in [1.165, 1.54) is 17.7 Å². The molecule has 0 aromatic carbocycles. The molecule has 2 rings (SSSR count). The maximum absolute atomic E-state index is 12.0. The van der Waals surface area contributed by atoms with Crippen molar-refractivity contribution in [2.45, 2.75) is 31.8 Å². The molecule has 1 N–H and O–H groups in total. The van der Waals surface area contributed by atoms with Crippen molar-refractivity contribution < 1.29 is 4.79 Å². The fraction of sp³-hybridized carbons (Fsp3) is 0.583. The summed E-state index contributed by atoms with van der Waals surface area (Å²) < 4.78 is 0. The lowest BCUT2D eigenvalue weighted by Crippen LogP contribution is -2.33. The van der Waals surface area contributed by atoms with Gasteiger partial charge in [0.2, 0.25) is 5.91 Å². The second-order valence-electron chi connectivity index (χ2n) is 4.19. The molecule has 1 aliphatic rings. The number of carbonyl (C=O) groups excluding carboxylic acids is 1. The summed E-state index contributed by atoms with van der Waals surface area (Å²) in [6.45, 7) is 1.57. The van der Waals surface area contributed by atoms with E-state index >= 15 is 0 Å². The molecule has 1 aromatic heterocycles. The lowest BCUT2D eigenvalue weighted by Gasteiger charge is -2.21. The number of nitrogens with one attached hydrogen (secondary N) is 1. The highest BCUT2D eigenvalue weighted by molar-refractivity contribution is 7.09. The van der Waals surface area contributed by atoms with E-state index in [0.29, 0.717) is 12.5 Å². The highest BCUT2D eigenvalue weighted by atomic mass is 32.1. The van der Waals surface area contributed by atoms with E-state index in [-0.39, 0.29) is 5.91 Å². The van der Waals surface area contributed by atoms with Gasteiger partial charge in [0.1, 0.15) is 0 Å². The predicted octanol–water partition coefficient (Wildman–Crippen LogP) is 1.85. The molecule has 4 heteroatoms. The summed E-state index contributed by atoms with van der Waals surface area (Å²) in [7, 11) is 1.88. The minimum absolute atomic E-state index is 0.283. The van der Waals surface area contributed by atoms with Crippen molar-refractivity contribution in [3.63, 3.8) is 0 Å². The fourth-order valence-corrected chi connectivity index (χ4v) is 2.46. The van der Waals surface area contributed by atoms with Crippen LogP contribution >= 0.6 is 11.3 Å². The van der Waals surface area contributed by atoms with E-state index in [9.17, 15) is 4.79 Å². The maximum atomic E-state index is 12.0. The SMILES string of the molecule is CNCCC(=O)N(Cc1cccs1)C1CC1. The van der Waals surface area contributed by atoms with Crippen LogP contribution in [0, 0.1) is 0 Å². The van der Waals surface area contributed by atoms with E-state index in [1.807, 2.05) is 18.0 Å². The highest BCUT2D eigenvalue weighted by Crippen LogP contribution is 2.29. The molecule has 16 heavy (non-hydrogen) atoms. The van der Waals surface area contributed by atoms with Gasteiger partial charge in [-0.2, -0.15) is 0 Å². The molecule has 0 saturated heterocycles. The summed E-state index contributed by atoms with van der Waals surface area (Å²) in [5, 5.41) is 5.09. The molecule has 0 atom stereocenters. The van der Waals surface area contributed by atoms with Crippen LogP contribution < -0.4 is 5.32 Å². The molecule has 0 radical (unpaired) electrons. The Hall–Kier alpha value is -0.870. The first-order valence-corrected chi connectivity index (χ1v) is 6.65. The Bertz CT molecular complexity index is 333. The largest absolute Gasteiger partial charge is 0.335 e. The molecule has 1 aliphatic carbocycles. The molecule has 1 heterocycles. The number of amides is 1. The molecule has 1 amide bonds. The van der Waals surface area contributed by atoms with Gasteiger partial charge in [0.05, 0.1) is 6.54 Å². The lowest BCUT2D eigenvalue weighted by atomic mass is 10.3. The third-order valence-electron chi connectivity index (χ3n) is 2.80. The van der Waals surface area contributed by atoms with Crippen molar-refractivity contribution in [1.82, 2.24) is 10.2 Å². The Labute approximate surface area is 100 Å². The first-order chi connectivity index (χ1) is 7.81. The average Bonchev–Trinajstić information content (AvgIpc) is 3.00. The monoisotopic (exact) mass is 238 g/mol. The van der Waals surface area contributed by atoms with Gasteiger partial charge in [-0.1, -0.05) is 6.07 Å². The van der Waals surface area contributed by atoms with Crippen molar-refractivity contribution in [1.29, 1.82) is 0 Å². The second-order valence-corrected chi connectivity index (χ2v) is 5.22. The summed E-state index contributed by atoms with van der Waals surface area (Å²) >= 11 is 1.73. The number of nitrogens with zero attached hydrogens (tertiary/aromatic N) is 1. The van der Waals surface area contributed by atoms with Crippen LogP contribution in [0.5, 0.6) is 0 Å². The van der Waals surface area contributed by atoms with Crippen LogP contribution in [-0.2, 0) is 11.3 Å². The zero-order valence-electron chi connectivity index (χ0n) is 9.61. The molecule has 88 valence electrons. The molecule has 0 spiro atoms. The van der Waals surface area contributed by atoms with Gasteiger partial charge in [0.15, 0.2) is 0 Å². The Balaban J connectivity index is 1.92. The van der Waals surface area contributed by atoms with Crippen LogP contribution in [0.3, 0.4) is 0 Å². The molecular weight excluding hydrogens is 220 g/mol. The zero-order valence-corrected chi connectivity index (χ0v) is 10.4. The third kappa shape index (κ3) is 3.06. The Morgan fingerprint density at radius 1 is 1.62 bits per heavy atom. The number of hydrogen-bond acceptors (Lipinski definition) is 3. The predicted molar refractivity (Wildman–Crippen MR) is 66.4 cm³/mol. The van der Waals surface area contributed by atoms with Gasteiger partial charge in [-0.15, -0.1) is 11.3 Å². The molecule has 0 unspecified atom stereocenters. The van der Waals surface area contributed by atoms with Crippen molar-refractivity contribution in [3.05, 3.63) is 22.4 Å². The van der Waals surface area contributed by atoms with Crippen molar-refractivity contribution in [3.8, 4) is 0 Å². The van der Waals surface area contributed by atoms with E-state index in [0.717, 1.165) is 13.1 Å². The first-order valence-electron chi connectivity index (χ1n) is 5.77. The Morgan fingerprint density at radius 3 is 3.00 bits per heavy atom. The van der Waals surface area contributed by atoms with E-state index < -0.39 is 0 Å². The molecule has 0 bridgehead atoms. The molecule has 1 fully saturated rings. The Morgan fingerprint density at radius 2 is 2.44 bits per heavy atom. The van der Waals surface area contributed by atoms with E-state index in [1.54, 1.807) is 11.3 Å². The minimum atomic E-state index is 0.283. The van der Waals surface area contributed by atoms with Crippen LogP contribution in [-0.4, -0.2) is 30.4 Å². The maximum Gasteiger partial charge on any atom is 0.224 e. The highest BCUT2D eigenvalue weighted by Gasteiger charge is 2.32. The van der Waals surface area contributed by atoms with Crippen LogP contribution in [0.25, 0.3) is 0 Å². The van der Waals surface area contributed by atoms with Crippen molar-refractivity contribution in [2.75, 3.05) is 13.6 Å². The molecule has 1 saturated carbocycles. The molecular formula is C12H18N2OS. The van der Waals surface area contributed by atoms with Crippen LogP contribution in [0.15, 0.2) is 17.5 Å². The normalized spacial score (nSPS) is 15.1. The van der Waals surface area contributed by atoms with Crippen LogP contribution in [0.2, 0.25) is 0 Å². The quantitative estimate of drug-likeness (QED) is 0.820. The summed E-state index contributed by atoms with van der Waals surface area (Å²) in [5.74, 6) is 0.283. The summed E-state index contributed by atoms with van der Waals surface area (Å²) in [4.78, 5) is 15.3. The lowest BCUT2D eigenvalue weighted by molar-refractivity contribution is -0.132. The summed E-state index contributed by atoms with van der Waals surface area (Å²) in [6.07, 6.45) is 2.96. The third-order valence-corrected chi connectivity index (χ3v) is 3.66. The number of rotatable bonds is 6. The first kappa shape index (κ1) is 11.6. The molecule has 3 nitrogen and oxygen atoms in total. The van der Waals surface area contributed by atoms with Gasteiger partial charge in [0.25, 0.3) is 0 Å². The van der Waals surface area contributed by atoms with E-state index in [2.05, 4.69) is 16.8 Å². The standard InChI is InChI=1S/C12H18N2OS/c1-13-7-6-12(15)14(10-4-5-10)9-11-3-2-8-16-11/h2-3,8,10,13H,4-7,9H2,1H3. The second kappa shape index (κ2) is 5.46. The van der Waals surface area contributed by atoms with Gasteiger partial charge in [-0.25, -0.2) is 0 Å². The number of hydrogen-bond donors (Lipinski definition) is 1. The Kier molecular flexibility index (Phi) is 3.96. The van der Waals surface area contributed by atoms with Crippen molar-refractivity contribution >= 4 is 17.2 Å². The summed E-state index contributed by atoms with van der Waals surface area (Å²) in [5.41, 5.74) is 0. The number of thiophene rings is 1. The van der Waals surface area contributed by atoms with Gasteiger partial charge >= 0.3 is 0 Å². The van der Waals surface area contributed by atoms with Crippen LogP contribution in [0.1, 0.15) is 24.1 Å². The zero-order chi connectivity index (χ0) is 11.4. The molecule has 0 aliphatic heterocycles. The van der Waals surface area contributed by atoms with Crippen LogP contribution in [0.4, 0.5) is 0 Å². The average molecular weight is 238 g/mol.